The average Bonchev–Trinajstić information content (AvgIpc) is 2.66. The van der Waals surface area contributed by atoms with Crippen LogP contribution in [0.2, 0.25) is 0 Å². The lowest BCUT2D eigenvalue weighted by molar-refractivity contribution is -0.104. The van der Waals surface area contributed by atoms with Crippen molar-refractivity contribution in [3.8, 4) is 0 Å². The Labute approximate surface area is 75.9 Å². The van der Waals surface area contributed by atoms with Crippen molar-refractivity contribution in [2.75, 3.05) is 0 Å². The Hall–Kier alpha value is -1.97. The fraction of sp³-hybridized carbons (Fsp3) is 0. The fourth-order valence-corrected chi connectivity index (χ4v) is 0.889. The first-order valence-corrected chi connectivity index (χ1v) is 3.62. The van der Waals surface area contributed by atoms with Crippen LogP contribution in [0.3, 0.4) is 0 Å². The Bertz CT molecular complexity index is 339. The number of rotatable bonds is 4. The molecule has 0 fully saturated rings. The molecule has 1 aromatic rings. The maximum absolute atomic E-state index is 10.6. The van der Waals surface area contributed by atoms with Gasteiger partial charge in [0, 0.05) is 5.57 Å². The first-order valence-electron chi connectivity index (χ1n) is 3.62. The van der Waals surface area contributed by atoms with Crippen LogP contribution >= 0.6 is 0 Å². The molecule has 13 heavy (non-hydrogen) atoms. The summed E-state index contributed by atoms with van der Waals surface area (Å²) in [5.41, 5.74) is 1.00. The summed E-state index contributed by atoms with van der Waals surface area (Å²) < 4.78 is 1.46. The quantitative estimate of drug-likeness (QED) is 0.390. The van der Waals surface area contributed by atoms with Crippen molar-refractivity contribution in [1.82, 2.24) is 14.8 Å². The lowest BCUT2D eigenvalue weighted by Crippen LogP contribution is -1.99. The van der Waals surface area contributed by atoms with Gasteiger partial charge in [-0.25, -0.2) is 9.67 Å². The van der Waals surface area contributed by atoms with Gasteiger partial charge in [-0.2, -0.15) is 5.10 Å². The van der Waals surface area contributed by atoms with E-state index in [0.29, 0.717) is 17.6 Å². The van der Waals surface area contributed by atoms with E-state index in [9.17, 15) is 4.79 Å². The van der Waals surface area contributed by atoms with Crippen LogP contribution in [0.5, 0.6) is 0 Å². The van der Waals surface area contributed by atoms with Gasteiger partial charge < -0.3 is 0 Å². The van der Waals surface area contributed by atoms with E-state index in [2.05, 4.69) is 23.2 Å². The Morgan fingerprint density at radius 2 is 2.15 bits per heavy atom. The zero-order valence-electron chi connectivity index (χ0n) is 7.05. The molecule has 1 heterocycles. The number of allylic oxidation sites excluding steroid dienone is 4. The minimum absolute atomic E-state index is 0.431. The van der Waals surface area contributed by atoms with E-state index in [-0.39, 0.29) is 0 Å². The standard InChI is InChI=1S/C9H9N3O/c1-3-8(5-13)9(4-2)12-7-10-6-11-12/h3-7H,1-2H2/b9-8-. The van der Waals surface area contributed by atoms with E-state index in [1.54, 1.807) is 0 Å². The third-order valence-electron chi connectivity index (χ3n) is 1.50. The van der Waals surface area contributed by atoms with Crippen LogP contribution in [0.15, 0.2) is 43.5 Å². The van der Waals surface area contributed by atoms with Crippen LogP contribution in [-0.4, -0.2) is 21.1 Å². The highest BCUT2D eigenvalue weighted by Gasteiger charge is 2.01. The third kappa shape index (κ3) is 1.79. The lowest BCUT2D eigenvalue weighted by atomic mass is 10.2. The molecule has 0 aliphatic rings. The van der Waals surface area contributed by atoms with Crippen molar-refractivity contribution < 1.29 is 4.79 Å². The molecule has 0 spiro atoms. The number of carbonyl (C=O) groups is 1. The highest BCUT2D eigenvalue weighted by Crippen LogP contribution is 2.09. The molecule has 0 saturated heterocycles. The van der Waals surface area contributed by atoms with Crippen LogP contribution < -0.4 is 0 Å². The van der Waals surface area contributed by atoms with Crippen LogP contribution in [-0.2, 0) is 4.79 Å². The molecular formula is C9H9N3O. The van der Waals surface area contributed by atoms with Gasteiger partial charge in [0.05, 0.1) is 5.70 Å². The van der Waals surface area contributed by atoms with Crippen LogP contribution in [0.4, 0.5) is 0 Å². The van der Waals surface area contributed by atoms with Crippen LogP contribution in [0.1, 0.15) is 0 Å². The Morgan fingerprint density at radius 3 is 2.54 bits per heavy atom. The van der Waals surface area contributed by atoms with Crippen LogP contribution in [0, 0.1) is 0 Å². The van der Waals surface area contributed by atoms with Gasteiger partial charge in [-0.3, -0.25) is 4.79 Å². The van der Waals surface area contributed by atoms with E-state index in [1.165, 1.54) is 29.5 Å². The van der Waals surface area contributed by atoms with Gasteiger partial charge in [-0.05, 0) is 6.08 Å². The Morgan fingerprint density at radius 1 is 1.38 bits per heavy atom. The van der Waals surface area contributed by atoms with Gasteiger partial charge in [-0.15, -0.1) is 0 Å². The minimum atomic E-state index is 0.431. The molecule has 66 valence electrons. The van der Waals surface area contributed by atoms with Gasteiger partial charge in [-0.1, -0.05) is 19.2 Å². The second-order valence-electron chi connectivity index (χ2n) is 2.21. The number of hydrogen-bond acceptors (Lipinski definition) is 3. The summed E-state index contributed by atoms with van der Waals surface area (Å²) in [5, 5.41) is 3.87. The summed E-state index contributed by atoms with van der Waals surface area (Å²) in [4.78, 5) is 14.4. The SMILES string of the molecule is C=C/C(C=O)=C(\C=C)n1cncn1. The van der Waals surface area contributed by atoms with Crippen molar-refractivity contribution in [2.45, 2.75) is 0 Å². The predicted octanol–water partition coefficient (Wildman–Crippen LogP) is 1.06. The fourth-order valence-electron chi connectivity index (χ4n) is 0.889. The number of aldehydes is 1. The molecule has 4 heteroatoms. The first-order chi connectivity index (χ1) is 6.33. The Kier molecular flexibility index (Phi) is 2.92. The van der Waals surface area contributed by atoms with Gasteiger partial charge in [0.1, 0.15) is 12.7 Å². The second kappa shape index (κ2) is 4.15. The van der Waals surface area contributed by atoms with E-state index in [4.69, 9.17) is 0 Å². The molecule has 0 saturated carbocycles. The van der Waals surface area contributed by atoms with Gasteiger partial charge in [0.25, 0.3) is 0 Å². The molecular weight excluding hydrogens is 166 g/mol. The van der Waals surface area contributed by atoms with Crippen molar-refractivity contribution in [2.24, 2.45) is 0 Å². The summed E-state index contributed by atoms with van der Waals surface area (Å²) >= 11 is 0. The molecule has 0 atom stereocenters. The second-order valence-corrected chi connectivity index (χ2v) is 2.21. The zero-order valence-corrected chi connectivity index (χ0v) is 7.05. The molecule has 1 rings (SSSR count). The highest BCUT2D eigenvalue weighted by molar-refractivity contribution is 5.88. The van der Waals surface area contributed by atoms with Gasteiger partial charge in [0.2, 0.25) is 0 Å². The molecule has 4 nitrogen and oxygen atoms in total. The summed E-state index contributed by atoms with van der Waals surface area (Å²) in [7, 11) is 0. The predicted molar refractivity (Wildman–Crippen MR) is 49.7 cm³/mol. The largest absolute Gasteiger partial charge is 0.298 e. The van der Waals surface area contributed by atoms with Crippen molar-refractivity contribution >= 4 is 12.0 Å². The van der Waals surface area contributed by atoms with Crippen molar-refractivity contribution in [3.05, 3.63) is 43.5 Å². The maximum atomic E-state index is 10.6. The summed E-state index contributed by atoms with van der Waals surface area (Å²) in [6.45, 7) is 7.09. The van der Waals surface area contributed by atoms with E-state index >= 15 is 0 Å². The van der Waals surface area contributed by atoms with E-state index < -0.39 is 0 Å². The molecule has 0 unspecified atom stereocenters. The summed E-state index contributed by atoms with van der Waals surface area (Å²) in [6.07, 6.45) is 6.55. The van der Waals surface area contributed by atoms with Gasteiger partial charge in [0.15, 0.2) is 6.29 Å². The first kappa shape index (κ1) is 9.12. The lowest BCUT2D eigenvalue weighted by Gasteiger charge is -2.01. The Balaban J connectivity index is 3.24. The molecule has 0 bridgehead atoms. The highest BCUT2D eigenvalue weighted by atomic mass is 16.1. The molecule has 0 radical (unpaired) electrons. The molecule has 0 aliphatic carbocycles. The number of aromatic nitrogens is 3. The maximum Gasteiger partial charge on any atom is 0.152 e. The topological polar surface area (TPSA) is 47.8 Å². The third-order valence-corrected chi connectivity index (χ3v) is 1.50. The van der Waals surface area contributed by atoms with E-state index in [1.807, 2.05) is 0 Å². The normalized spacial score (nSPS) is 11.7. The molecule has 1 aromatic heterocycles. The van der Waals surface area contributed by atoms with E-state index in [0.717, 1.165) is 0 Å². The minimum Gasteiger partial charge on any atom is -0.298 e. The average molecular weight is 175 g/mol. The number of hydrogen-bond donors (Lipinski definition) is 0. The number of nitrogens with zero attached hydrogens (tertiary/aromatic N) is 3. The smallest absolute Gasteiger partial charge is 0.152 e. The molecule has 0 aliphatic heterocycles. The monoisotopic (exact) mass is 175 g/mol. The molecule has 0 amide bonds. The van der Waals surface area contributed by atoms with Crippen LogP contribution in [0.25, 0.3) is 5.70 Å². The zero-order chi connectivity index (χ0) is 9.68. The summed E-state index contributed by atoms with van der Waals surface area (Å²) in [6, 6.07) is 0. The number of carbonyl (C=O) groups excluding carboxylic acids is 1. The molecule has 0 N–H and O–H groups in total. The van der Waals surface area contributed by atoms with Gasteiger partial charge >= 0.3 is 0 Å². The summed E-state index contributed by atoms with van der Waals surface area (Å²) in [5.74, 6) is 0. The van der Waals surface area contributed by atoms with Crippen molar-refractivity contribution in [1.29, 1.82) is 0 Å². The molecule has 0 aromatic carbocycles. The van der Waals surface area contributed by atoms with Crippen molar-refractivity contribution in [3.63, 3.8) is 0 Å².